The molecule has 0 bridgehead atoms. The van der Waals surface area contributed by atoms with E-state index in [0.717, 1.165) is 19.3 Å². The van der Waals surface area contributed by atoms with Crippen LogP contribution in [0.5, 0.6) is 0 Å². The first-order valence-corrected chi connectivity index (χ1v) is 30.5. The van der Waals surface area contributed by atoms with Crippen LogP contribution in [0.4, 0.5) is 0 Å². The maximum atomic E-state index is 9.29. The molecule has 0 aromatic carbocycles. The van der Waals surface area contributed by atoms with Crippen LogP contribution < -0.4 is 9.79 Å². The molecule has 0 fully saturated rings. The number of rotatable bonds is 45. The van der Waals surface area contributed by atoms with Gasteiger partial charge in [0.25, 0.3) is 0 Å². The van der Waals surface area contributed by atoms with Crippen molar-refractivity contribution < 1.29 is 68.2 Å². The molecule has 2 nitrogen and oxygen atoms in total. The molecule has 0 aliphatic rings. The first-order valence-electron chi connectivity index (χ1n) is 26.9. The third-order valence-electron chi connectivity index (χ3n) is 11.6. The molecule has 0 unspecified atom stereocenters. The quantitative estimate of drug-likeness (QED) is 0.0200. The van der Waals surface area contributed by atoms with E-state index in [1.807, 2.05) is 0 Å². The fourth-order valence-electron chi connectivity index (χ4n) is 7.64. The number of hydrogen-bond acceptors (Lipinski definition) is 4. The Morgan fingerprint density at radius 1 is 0.274 bits per heavy atom. The van der Waals surface area contributed by atoms with E-state index in [1.165, 1.54) is 289 Å². The SMILES string of the molecule is [CH2-]CCCCCCCCCCCCCCCCC.[CH2-]CCCCCCCCCCCCCCCCC.[CH2-]CCCCCCCCCCCCCCCCC.[O-]P([O-])(=S)[S-].[Zn+2].[Zn+2].[Zn+2]. The summed E-state index contributed by atoms with van der Waals surface area (Å²) in [6.45, 7) is 18.5. The van der Waals surface area contributed by atoms with Gasteiger partial charge >= 0.3 is 58.4 Å². The average molecular weight is 1080 g/mol. The second-order valence-corrected chi connectivity index (χ2v) is 22.3. The topological polar surface area (TPSA) is 46.1 Å². The van der Waals surface area contributed by atoms with Gasteiger partial charge in [-0.2, -0.15) is 31.1 Å². The normalized spacial score (nSPS) is 10.5. The molecule has 0 atom stereocenters. The average Bonchev–Trinajstić information content (AvgIpc) is 3.21. The molecule has 0 saturated heterocycles. The van der Waals surface area contributed by atoms with Gasteiger partial charge in [0.05, 0.1) is 0 Å². The zero-order chi connectivity index (χ0) is 44.4. The maximum Gasteiger partial charge on any atom is 2.00 e. The Morgan fingerprint density at radius 3 is 0.435 bits per heavy atom. The van der Waals surface area contributed by atoms with Crippen molar-refractivity contribution in [1.82, 2.24) is 0 Å². The zero-order valence-electron chi connectivity index (χ0n) is 43.3. The molecular formula is C54H111O2PS2Zn3. The van der Waals surface area contributed by atoms with Crippen molar-refractivity contribution in [3.05, 3.63) is 20.8 Å². The summed E-state index contributed by atoms with van der Waals surface area (Å²) >= 11 is 7.28. The van der Waals surface area contributed by atoms with Crippen molar-refractivity contribution in [2.24, 2.45) is 0 Å². The van der Waals surface area contributed by atoms with E-state index in [0.29, 0.717) is 0 Å². The molecule has 0 aliphatic carbocycles. The van der Waals surface area contributed by atoms with Crippen LogP contribution in [0.2, 0.25) is 0 Å². The third kappa shape index (κ3) is 105. The predicted octanol–water partition coefficient (Wildman–Crippen LogP) is 19.7. The summed E-state index contributed by atoms with van der Waals surface area (Å²) in [4.78, 5) is 18.6. The van der Waals surface area contributed by atoms with Crippen molar-refractivity contribution in [2.75, 3.05) is 0 Å². The Hall–Kier alpha value is 2.79. The minimum atomic E-state index is -3.72. The summed E-state index contributed by atoms with van der Waals surface area (Å²) < 4.78 is 0. The fraction of sp³-hybridized carbons (Fsp3) is 0.944. The van der Waals surface area contributed by atoms with Crippen LogP contribution >= 0.6 is 5.69 Å². The van der Waals surface area contributed by atoms with E-state index >= 15 is 0 Å². The molecule has 0 radical (unpaired) electrons. The summed E-state index contributed by atoms with van der Waals surface area (Å²) in [5, 5.41) is 0. The van der Waals surface area contributed by atoms with Gasteiger partial charge in [0.2, 0.25) is 0 Å². The molecule has 0 saturated carbocycles. The monoisotopic (exact) mass is 1080 g/mol. The van der Waals surface area contributed by atoms with Crippen LogP contribution in [0, 0.1) is 20.8 Å². The fourth-order valence-corrected chi connectivity index (χ4v) is 7.64. The van der Waals surface area contributed by atoms with Gasteiger partial charge in [-0.1, -0.05) is 310 Å². The first kappa shape index (κ1) is 78.9. The number of unbranched alkanes of at least 4 members (excludes halogenated alkanes) is 45. The Labute approximate surface area is 444 Å². The van der Waals surface area contributed by atoms with Gasteiger partial charge in [-0.05, 0) is 0 Å². The summed E-state index contributed by atoms with van der Waals surface area (Å²) in [7, 11) is 0. The van der Waals surface area contributed by atoms with E-state index in [-0.39, 0.29) is 58.4 Å². The Balaban J connectivity index is -0.000000135. The molecule has 0 aliphatic heterocycles. The Morgan fingerprint density at radius 2 is 0.355 bits per heavy atom. The van der Waals surface area contributed by atoms with Crippen LogP contribution in [0.15, 0.2) is 0 Å². The first-order chi connectivity index (χ1) is 28.7. The van der Waals surface area contributed by atoms with Gasteiger partial charge in [-0.15, -0.1) is 0 Å². The van der Waals surface area contributed by atoms with Crippen LogP contribution in [0.25, 0.3) is 0 Å². The summed E-state index contributed by atoms with van der Waals surface area (Å²) in [5.41, 5.74) is -3.72. The maximum absolute atomic E-state index is 9.29. The van der Waals surface area contributed by atoms with E-state index < -0.39 is 5.69 Å². The number of hydrogen-bond donors (Lipinski definition) is 0. The molecule has 0 rings (SSSR count). The summed E-state index contributed by atoms with van der Waals surface area (Å²) in [5.74, 6) is 0. The standard InChI is InChI=1S/3C18H37.H3O2PS2.3Zn/c3*1-3-5-7-9-11-13-15-17-18-16-14-12-10-8-6-4-2;1-3(2,4)5;;;/h3*1,3-18H2,2H3;(H3,1,2,4,5);;;/q3*-1;;3*+2/p-3. The van der Waals surface area contributed by atoms with Crippen LogP contribution in [0.1, 0.15) is 329 Å². The van der Waals surface area contributed by atoms with Crippen molar-refractivity contribution in [2.45, 2.75) is 329 Å². The molecule has 0 N–H and O–H groups in total. The van der Waals surface area contributed by atoms with E-state index in [2.05, 4.69) is 65.6 Å². The molecule has 0 spiro atoms. The van der Waals surface area contributed by atoms with Crippen molar-refractivity contribution >= 4 is 29.7 Å². The van der Waals surface area contributed by atoms with Crippen molar-refractivity contribution in [3.63, 3.8) is 0 Å². The second kappa shape index (κ2) is 78.0. The van der Waals surface area contributed by atoms with Crippen LogP contribution in [-0.4, -0.2) is 0 Å². The molecule has 0 aromatic rings. The van der Waals surface area contributed by atoms with Gasteiger partial charge < -0.3 is 48.5 Å². The molecule has 0 aromatic heterocycles. The van der Waals surface area contributed by atoms with E-state index in [9.17, 15) is 9.79 Å². The van der Waals surface area contributed by atoms with Crippen LogP contribution in [-0.2, 0) is 82.5 Å². The smallest absolute Gasteiger partial charge is 0.850 e. The van der Waals surface area contributed by atoms with Gasteiger partial charge in [0, 0.05) is 0 Å². The van der Waals surface area contributed by atoms with Crippen molar-refractivity contribution in [3.8, 4) is 0 Å². The van der Waals surface area contributed by atoms with Gasteiger partial charge in [-0.25, -0.2) is 0 Å². The Bertz CT molecular complexity index is 585. The molecule has 62 heavy (non-hydrogen) atoms. The summed E-state index contributed by atoms with van der Waals surface area (Å²) in [6, 6.07) is 0. The Kier molecular flexibility index (Phi) is 99.3. The zero-order valence-corrected chi connectivity index (χ0v) is 54.7. The second-order valence-electron chi connectivity index (χ2n) is 17.9. The molecule has 362 valence electrons. The minimum absolute atomic E-state index is 0. The summed E-state index contributed by atoms with van der Waals surface area (Å²) in [6.07, 6.45) is 68.5. The van der Waals surface area contributed by atoms with Gasteiger partial charge in [0.1, 0.15) is 0 Å². The van der Waals surface area contributed by atoms with Gasteiger partial charge in [0.15, 0.2) is 0 Å². The minimum Gasteiger partial charge on any atom is -0.850 e. The van der Waals surface area contributed by atoms with Gasteiger partial charge in [-0.3, -0.25) is 0 Å². The van der Waals surface area contributed by atoms with E-state index in [4.69, 9.17) is 0 Å². The molecule has 0 heterocycles. The molecular weight excluding hydrogens is 972 g/mol. The predicted molar refractivity (Wildman–Crippen MR) is 276 cm³/mol. The molecule has 8 heteroatoms. The van der Waals surface area contributed by atoms with E-state index in [1.54, 1.807) is 0 Å². The molecule has 0 amide bonds. The third-order valence-corrected chi connectivity index (χ3v) is 11.6. The largest absolute Gasteiger partial charge is 2.00 e. The van der Waals surface area contributed by atoms with Crippen molar-refractivity contribution in [1.29, 1.82) is 0 Å². The van der Waals surface area contributed by atoms with Crippen LogP contribution in [0.3, 0.4) is 0 Å².